The molecule has 1 heterocycles. The minimum Gasteiger partial charge on any atom is -0.427 e. The lowest BCUT2D eigenvalue weighted by molar-refractivity contribution is -0.0893. The fourth-order valence-electron chi connectivity index (χ4n) is 1.27. The molecule has 4 nitrogen and oxygen atoms in total. The van der Waals surface area contributed by atoms with Crippen molar-refractivity contribution in [2.45, 2.75) is 59.3 Å². The number of rotatable bonds is 6. The molecule has 0 amide bonds. The van der Waals surface area contributed by atoms with Gasteiger partial charge in [-0.2, -0.15) is 5.10 Å². The molecular weight excluding hydrogens is 227 g/mol. The van der Waals surface area contributed by atoms with Crippen LogP contribution in [0.25, 0.3) is 0 Å². The van der Waals surface area contributed by atoms with E-state index in [0.717, 1.165) is 12.0 Å². The van der Waals surface area contributed by atoms with E-state index < -0.39 is 11.2 Å². The van der Waals surface area contributed by atoms with E-state index in [4.69, 9.17) is 4.65 Å². The lowest BCUT2D eigenvalue weighted by Crippen LogP contribution is -2.49. The summed E-state index contributed by atoms with van der Waals surface area (Å²) in [5.74, 6) is 0.562. The summed E-state index contributed by atoms with van der Waals surface area (Å²) in [5, 5.41) is 14.2. The molecule has 0 saturated heterocycles. The van der Waals surface area contributed by atoms with Gasteiger partial charge in [0.05, 0.1) is 11.2 Å². The summed E-state index contributed by atoms with van der Waals surface area (Å²) in [6, 6.07) is 0. The van der Waals surface area contributed by atoms with E-state index in [1.165, 1.54) is 0 Å². The van der Waals surface area contributed by atoms with Crippen molar-refractivity contribution < 1.29 is 9.76 Å². The van der Waals surface area contributed by atoms with Crippen LogP contribution in [0.2, 0.25) is 0 Å². The third kappa shape index (κ3) is 4.14. The molecule has 5 heteroatoms. The molecule has 0 aliphatic heterocycles. The Bertz CT molecular complexity index is 381. The third-order valence-corrected chi connectivity index (χ3v) is 3.17. The quantitative estimate of drug-likeness (QED) is 0.776. The lowest BCUT2D eigenvalue weighted by atomic mass is 9.84. The first-order valence-electron chi connectivity index (χ1n) is 6.38. The highest BCUT2D eigenvalue weighted by Gasteiger charge is 2.35. The molecule has 0 saturated carbocycles. The van der Waals surface area contributed by atoms with Crippen LogP contribution >= 0.6 is 0 Å². The third-order valence-electron chi connectivity index (χ3n) is 3.17. The molecule has 1 aromatic heterocycles. The van der Waals surface area contributed by atoms with Gasteiger partial charge >= 0.3 is 7.48 Å². The van der Waals surface area contributed by atoms with Crippen LogP contribution in [0.3, 0.4) is 0 Å². The summed E-state index contributed by atoms with van der Waals surface area (Å²) < 4.78 is 7.57. The second kappa shape index (κ2) is 5.45. The Morgan fingerprint density at radius 1 is 1.39 bits per heavy atom. The minimum atomic E-state index is -0.905. The second-order valence-electron chi connectivity index (χ2n) is 6.19. The van der Waals surface area contributed by atoms with Gasteiger partial charge in [-0.1, -0.05) is 13.8 Å². The number of aliphatic hydroxyl groups is 1. The first-order valence-corrected chi connectivity index (χ1v) is 6.38. The van der Waals surface area contributed by atoms with Crippen molar-refractivity contribution in [3.8, 4) is 0 Å². The average molecular weight is 251 g/mol. The van der Waals surface area contributed by atoms with Crippen LogP contribution in [0, 0.1) is 5.92 Å². The normalized spacial score (nSPS) is 13.1. The van der Waals surface area contributed by atoms with E-state index in [-0.39, 0.29) is 0 Å². The van der Waals surface area contributed by atoms with Crippen LogP contribution in [0.1, 0.15) is 41.5 Å². The molecule has 101 valence electrons. The first-order chi connectivity index (χ1) is 8.12. The van der Waals surface area contributed by atoms with Crippen molar-refractivity contribution in [2.24, 2.45) is 5.92 Å². The highest BCUT2D eigenvalue weighted by atomic mass is 16.5. The highest BCUT2D eigenvalue weighted by molar-refractivity contribution is 6.46. The maximum Gasteiger partial charge on any atom is 0.334 e. The van der Waals surface area contributed by atoms with Gasteiger partial charge in [0.15, 0.2) is 0 Å². The maximum absolute atomic E-state index is 9.98. The number of aromatic nitrogens is 2. The zero-order valence-corrected chi connectivity index (χ0v) is 12.3. The fraction of sp³-hybridized carbons (Fsp3) is 0.769. The Balaban J connectivity index is 2.56. The van der Waals surface area contributed by atoms with Crippen molar-refractivity contribution in [3.63, 3.8) is 0 Å². The van der Waals surface area contributed by atoms with E-state index >= 15 is 0 Å². The summed E-state index contributed by atoms with van der Waals surface area (Å²) in [6.45, 7) is 12.4. The Morgan fingerprint density at radius 3 is 2.50 bits per heavy atom. The SMILES string of the molecule is CC(C)Cn1cc([B]OC(C)(C)C(C)(C)O)cn1. The van der Waals surface area contributed by atoms with Gasteiger partial charge in [0.25, 0.3) is 0 Å². The van der Waals surface area contributed by atoms with Gasteiger partial charge < -0.3 is 9.76 Å². The molecule has 0 fully saturated rings. The Labute approximate surface area is 111 Å². The molecule has 0 unspecified atom stereocenters. The van der Waals surface area contributed by atoms with Gasteiger partial charge in [-0.25, -0.2) is 0 Å². The summed E-state index contributed by atoms with van der Waals surface area (Å²) in [5.41, 5.74) is -0.641. The monoisotopic (exact) mass is 251 g/mol. The van der Waals surface area contributed by atoms with Crippen molar-refractivity contribution in [2.75, 3.05) is 0 Å². The van der Waals surface area contributed by atoms with E-state index in [1.54, 1.807) is 27.5 Å². The van der Waals surface area contributed by atoms with Gasteiger partial charge in [0.1, 0.15) is 0 Å². The Kier molecular flexibility index (Phi) is 4.62. The standard InChI is InChI=1S/C13H24BN2O2/c1-10(2)8-16-9-11(7-15-16)14-18-13(5,6)12(3,4)17/h7,9-10,17H,8H2,1-6H3. The van der Waals surface area contributed by atoms with Crippen molar-refractivity contribution >= 4 is 12.9 Å². The van der Waals surface area contributed by atoms with Crippen LogP contribution in [0.5, 0.6) is 0 Å². The number of hydrogen-bond donors (Lipinski definition) is 1. The molecular formula is C13H24BN2O2. The molecule has 1 rings (SSSR count). The fourth-order valence-corrected chi connectivity index (χ4v) is 1.27. The smallest absolute Gasteiger partial charge is 0.334 e. The summed E-state index contributed by atoms with van der Waals surface area (Å²) in [7, 11) is 1.65. The summed E-state index contributed by atoms with van der Waals surface area (Å²) in [4.78, 5) is 0. The van der Waals surface area contributed by atoms with Crippen molar-refractivity contribution in [1.29, 1.82) is 0 Å². The molecule has 0 aliphatic carbocycles. The van der Waals surface area contributed by atoms with Gasteiger partial charge in [-0.3, -0.25) is 4.68 Å². The van der Waals surface area contributed by atoms with E-state index in [9.17, 15) is 5.11 Å². The highest BCUT2D eigenvalue weighted by Crippen LogP contribution is 2.24. The van der Waals surface area contributed by atoms with Gasteiger partial charge in [0, 0.05) is 18.9 Å². The van der Waals surface area contributed by atoms with Crippen LogP contribution in [-0.2, 0) is 11.2 Å². The van der Waals surface area contributed by atoms with E-state index in [0.29, 0.717) is 5.92 Å². The molecule has 18 heavy (non-hydrogen) atoms. The Hall–Kier alpha value is -0.805. The predicted octanol–water partition coefficient (Wildman–Crippen LogP) is 1.35. The predicted molar refractivity (Wildman–Crippen MR) is 73.9 cm³/mol. The Morgan fingerprint density at radius 2 is 2.00 bits per heavy atom. The van der Waals surface area contributed by atoms with Crippen LogP contribution in [0.4, 0.5) is 0 Å². The first kappa shape index (κ1) is 15.3. The molecule has 0 aromatic carbocycles. The average Bonchev–Trinajstić information content (AvgIpc) is 2.60. The molecule has 0 atom stereocenters. The van der Waals surface area contributed by atoms with E-state index in [1.807, 2.05) is 24.7 Å². The molecule has 1 aromatic rings. The second-order valence-corrected chi connectivity index (χ2v) is 6.19. The minimum absolute atomic E-state index is 0.562. The van der Waals surface area contributed by atoms with E-state index in [2.05, 4.69) is 18.9 Å². The lowest BCUT2D eigenvalue weighted by Gasteiger charge is -2.37. The van der Waals surface area contributed by atoms with Crippen LogP contribution in [-0.4, -0.2) is 33.6 Å². The summed E-state index contributed by atoms with van der Waals surface area (Å²) >= 11 is 0. The molecule has 0 spiro atoms. The van der Waals surface area contributed by atoms with Gasteiger partial charge in [-0.05, 0) is 39.1 Å². The van der Waals surface area contributed by atoms with Gasteiger partial charge in [-0.15, -0.1) is 0 Å². The number of nitrogens with zero attached hydrogens (tertiary/aromatic N) is 2. The van der Waals surface area contributed by atoms with Crippen LogP contribution in [0.15, 0.2) is 12.4 Å². The zero-order chi connectivity index (χ0) is 14.0. The molecule has 1 N–H and O–H groups in total. The molecule has 0 bridgehead atoms. The zero-order valence-electron chi connectivity index (χ0n) is 12.3. The van der Waals surface area contributed by atoms with Crippen molar-refractivity contribution in [1.82, 2.24) is 9.78 Å². The topological polar surface area (TPSA) is 47.3 Å². The van der Waals surface area contributed by atoms with Crippen molar-refractivity contribution in [3.05, 3.63) is 12.4 Å². The maximum atomic E-state index is 9.98. The number of hydrogen-bond acceptors (Lipinski definition) is 3. The van der Waals surface area contributed by atoms with Gasteiger partial charge in [0.2, 0.25) is 0 Å². The summed E-state index contributed by atoms with van der Waals surface area (Å²) in [6.07, 6.45) is 3.71. The molecule has 0 aliphatic rings. The molecule has 1 radical (unpaired) electrons. The van der Waals surface area contributed by atoms with Crippen LogP contribution < -0.4 is 5.46 Å². The largest absolute Gasteiger partial charge is 0.427 e.